The number of nitrogens with zero attached hydrogens (tertiary/aromatic N) is 2. The first-order valence-electron chi connectivity index (χ1n) is 10.9. The smallest absolute Gasteiger partial charge is 0.255 e. The van der Waals surface area contributed by atoms with Crippen molar-refractivity contribution in [3.05, 3.63) is 34.9 Å². The van der Waals surface area contributed by atoms with Crippen molar-refractivity contribution >= 4 is 17.7 Å². The van der Waals surface area contributed by atoms with Crippen molar-refractivity contribution in [2.24, 2.45) is 0 Å². The van der Waals surface area contributed by atoms with Gasteiger partial charge in [0.25, 0.3) is 5.91 Å². The summed E-state index contributed by atoms with van der Waals surface area (Å²) >= 11 is 0. The maximum atomic E-state index is 13.0. The monoisotopic (exact) mass is 412 g/mol. The molecular weight excluding hydrogens is 384 g/mol. The van der Waals surface area contributed by atoms with Gasteiger partial charge in [0.1, 0.15) is 6.04 Å². The fourth-order valence-corrected chi connectivity index (χ4v) is 5.25. The minimum Gasteiger partial charge on any atom is -0.371 e. The van der Waals surface area contributed by atoms with Crippen LogP contribution in [0.5, 0.6) is 0 Å². The van der Waals surface area contributed by atoms with Crippen molar-refractivity contribution in [3.63, 3.8) is 0 Å². The number of hydrogen-bond donors (Lipinski definition) is 2. The molecule has 4 aliphatic heterocycles. The van der Waals surface area contributed by atoms with Crippen LogP contribution in [0.25, 0.3) is 0 Å². The highest BCUT2D eigenvalue weighted by molar-refractivity contribution is 6.05. The second-order valence-electron chi connectivity index (χ2n) is 8.91. The molecule has 5 rings (SSSR count). The van der Waals surface area contributed by atoms with Gasteiger partial charge in [-0.2, -0.15) is 0 Å². The SMILES string of the molecule is O=C1CCC(N2Cc3ccc(CN4CCCC5(CNCCO5)C4)cc3C2=O)C(=O)N1. The van der Waals surface area contributed by atoms with E-state index in [-0.39, 0.29) is 29.7 Å². The van der Waals surface area contributed by atoms with E-state index in [1.165, 1.54) is 0 Å². The van der Waals surface area contributed by atoms with Crippen molar-refractivity contribution in [2.45, 2.75) is 50.4 Å². The number of likely N-dealkylation sites (tertiary alicyclic amines) is 1. The van der Waals surface area contributed by atoms with E-state index in [0.717, 1.165) is 63.3 Å². The Labute approximate surface area is 175 Å². The number of benzene rings is 1. The van der Waals surface area contributed by atoms with E-state index in [2.05, 4.69) is 21.6 Å². The van der Waals surface area contributed by atoms with E-state index in [4.69, 9.17) is 4.74 Å². The number of fused-ring (bicyclic) bond motifs is 1. The van der Waals surface area contributed by atoms with Crippen LogP contribution in [0.15, 0.2) is 18.2 Å². The molecule has 1 aromatic rings. The summed E-state index contributed by atoms with van der Waals surface area (Å²) in [5.74, 6) is -0.747. The van der Waals surface area contributed by atoms with Crippen LogP contribution in [-0.4, -0.2) is 72.0 Å². The molecule has 8 nitrogen and oxygen atoms in total. The molecule has 0 radical (unpaired) electrons. The number of carbonyl (C=O) groups is 3. The summed E-state index contributed by atoms with van der Waals surface area (Å²) in [5, 5.41) is 5.81. The standard InChI is InChI=1S/C22H28N4O4/c27-19-5-4-18(20(28)24-19)26-12-16-3-2-15(10-17(16)21(26)29)11-25-8-1-6-22(14-25)13-23-7-9-30-22/h2-3,10,18,23H,1,4-9,11-14H2,(H,24,27,28). The predicted molar refractivity (Wildman–Crippen MR) is 109 cm³/mol. The number of rotatable bonds is 3. The fourth-order valence-electron chi connectivity index (χ4n) is 5.25. The van der Waals surface area contributed by atoms with Gasteiger partial charge < -0.3 is 15.0 Å². The Morgan fingerprint density at radius 2 is 2.13 bits per heavy atom. The number of ether oxygens (including phenoxy) is 1. The zero-order chi connectivity index (χ0) is 20.7. The molecule has 3 saturated heterocycles. The quantitative estimate of drug-likeness (QED) is 0.699. The number of nitrogens with one attached hydrogen (secondary N) is 2. The molecule has 3 fully saturated rings. The van der Waals surface area contributed by atoms with Crippen molar-refractivity contribution in [2.75, 3.05) is 32.8 Å². The first-order valence-corrected chi connectivity index (χ1v) is 10.9. The first-order chi connectivity index (χ1) is 14.5. The summed E-state index contributed by atoms with van der Waals surface area (Å²) < 4.78 is 6.14. The van der Waals surface area contributed by atoms with Crippen molar-refractivity contribution in [1.29, 1.82) is 0 Å². The van der Waals surface area contributed by atoms with Crippen LogP contribution in [0.3, 0.4) is 0 Å². The highest BCUT2D eigenvalue weighted by Crippen LogP contribution is 2.30. The van der Waals surface area contributed by atoms with E-state index >= 15 is 0 Å². The van der Waals surface area contributed by atoms with Gasteiger partial charge in [-0.15, -0.1) is 0 Å². The number of amides is 3. The molecule has 8 heteroatoms. The Morgan fingerprint density at radius 3 is 2.93 bits per heavy atom. The minimum atomic E-state index is -0.566. The van der Waals surface area contributed by atoms with Crippen molar-refractivity contribution in [3.8, 4) is 0 Å². The molecular formula is C22H28N4O4. The van der Waals surface area contributed by atoms with Gasteiger partial charge in [0.15, 0.2) is 0 Å². The molecule has 3 amide bonds. The van der Waals surface area contributed by atoms with Crippen molar-refractivity contribution in [1.82, 2.24) is 20.4 Å². The van der Waals surface area contributed by atoms with Crippen LogP contribution < -0.4 is 10.6 Å². The molecule has 2 N–H and O–H groups in total. The van der Waals surface area contributed by atoms with E-state index < -0.39 is 6.04 Å². The average molecular weight is 412 g/mol. The second kappa shape index (κ2) is 7.76. The average Bonchev–Trinajstić information content (AvgIpc) is 3.05. The third kappa shape index (κ3) is 3.64. The zero-order valence-electron chi connectivity index (χ0n) is 17.1. The molecule has 30 heavy (non-hydrogen) atoms. The number of hydrogen-bond acceptors (Lipinski definition) is 6. The van der Waals surface area contributed by atoms with E-state index in [0.29, 0.717) is 18.5 Å². The Balaban J connectivity index is 1.28. The van der Waals surface area contributed by atoms with E-state index in [1.807, 2.05) is 12.1 Å². The largest absolute Gasteiger partial charge is 0.371 e. The number of piperidine rings is 2. The normalized spacial score (nSPS) is 29.9. The summed E-state index contributed by atoms with van der Waals surface area (Å²) in [6, 6.07) is 5.50. The van der Waals surface area contributed by atoms with Gasteiger partial charge in [-0.1, -0.05) is 12.1 Å². The van der Waals surface area contributed by atoms with Crippen LogP contribution >= 0.6 is 0 Å². The van der Waals surface area contributed by atoms with Gasteiger partial charge in [0, 0.05) is 44.7 Å². The highest BCUT2D eigenvalue weighted by atomic mass is 16.5. The lowest BCUT2D eigenvalue weighted by atomic mass is 9.91. The molecule has 0 saturated carbocycles. The minimum absolute atomic E-state index is 0.0916. The lowest BCUT2D eigenvalue weighted by Crippen LogP contribution is -2.58. The summed E-state index contributed by atoms with van der Waals surface area (Å²) in [7, 11) is 0. The molecule has 0 bridgehead atoms. The molecule has 1 spiro atoms. The third-order valence-electron chi connectivity index (χ3n) is 6.75. The van der Waals surface area contributed by atoms with Gasteiger partial charge in [-0.25, -0.2) is 0 Å². The van der Waals surface area contributed by atoms with Crippen LogP contribution in [0.4, 0.5) is 0 Å². The molecule has 2 unspecified atom stereocenters. The van der Waals surface area contributed by atoms with Crippen LogP contribution in [0.2, 0.25) is 0 Å². The summed E-state index contributed by atoms with van der Waals surface area (Å²) in [4.78, 5) is 40.7. The third-order valence-corrected chi connectivity index (χ3v) is 6.75. The van der Waals surface area contributed by atoms with Crippen LogP contribution in [-0.2, 0) is 27.4 Å². The molecule has 2 atom stereocenters. The molecule has 1 aromatic carbocycles. The molecule has 4 heterocycles. The molecule has 0 aromatic heterocycles. The Bertz CT molecular complexity index is 874. The van der Waals surface area contributed by atoms with Gasteiger partial charge in [0.2, 0.25) is 11.8 Å². The van der Waals surface area contributed by atoms with Gasteiger partial charge in [-0.05, 0) is 43.0 Å². The number of morpholine rings is 1. The van der Waals surface area contributed by atoms with Crippen molar-refractivity contribution < 1.29 is 19.1 Å². The Hall–Kier alpha value is -2.29. The first kappa shape index (κ1) is 19.7. The van der Waals surface area contributed by atoms with Crippen LogP contribution in [0.1, 0.15) is 47.2 Å². The number of imide groups is 1. The van der Waals surface area contributed by atoms with Gasteiger partial charge >= 0.3 is 0 Å². The summed E-state index contributed by atoms with van der Waals surface area (Å²) in [6.07, 6.45) is 2.85. The van der Waals surface area contributed by atoms with Gasteiger partial charge in [0.05, 0.1) is 12.2 Å². The van der Waals surface area contributed by atoms with Crippen LogP contribution in [0, 0.1) is 0 Å². The number of carbonyl (C=O) groups excluding carboxylic acids is 3. The second-order valence-corrected chi connectivity index (χ2v) is 8.91. The summed E-state index contributed by atoms with van der Waals surface area (Å²) in [6.45, 7) is 5.70. The summed E-state index contributed by atoms with van der Waals surface area (Å²) in [5.41, 5.74) is 2.64. The maximum Gasteiger partial charge on any atom is 0.255 e. The zero-order valence-corrected chi connectivity index (χ0v) is 17.1. The molecule has 0 aliphatic carbocycles. The topological polar surface area (TPSA) is 91.0 Å². The molecule has 4 aliphatic rings. The Kier molecular flexibility index (Phi) is 5.08. The lowest BCUT2D eigenvalue weighted by Gasteiger charge is -2.45. The van der Waals surface area contributed by atoms with E-state index in [1.54, 1.807) is 4.90 Å². The predicted octanol–water partition coefficient (Wildman–Crippen LogP) is 0.402. The molecule has 160 valence electrons. The highest BCUT2D eigenvalue weighted by Gasteiger charge is 2.40. The fraction of sp³-hybridized carbons (Fsp3) is 0.591. The Morgan fingerprint density at radius 1 is 1.23 bits per heavy atom. The maximum absolute atomic E-state index is 13.0. The van der Waals surface area contributed by atoms with Gasteiger partial charge in [-0.3, -0.25) is 24.6 Å². The lowest BCUT2D eigenvalue weighted by molar-refractivity contribution is -0.136. The van der Waals surface area contributed by atoms with E-state index in [9.17, 15) is 14.4 Å².